The van der Waals surface area contributed by atoms with Gasteiger partial charge in [0, 0.05) is 28.8 Å². The van der Waals surface area contributed by atoms with Crippen molar-refractivity contribution in [2.45, 2.75) is 0 Å². The molecule has 3 rings (SSSR count). The van der Waals surface area contributed by atoms with Crippen LogP contribution in [0.2, 0.25) is 0 Å². The third-order valence-corrected chi connectivity index (χ3v) is 3.61. The molecule has 0 heterocycles. The van der Waals surface area contributed by atoms with Crippen LogP contribution in [0.15, 0.2) is 66.7 Å². The molecule has 5 heteroatoms. The Morgan fingerprint density at radius 2 is 1.74 bits per heavy atom. The van der Waals surface area contributed by atoms with Crippen LogP contribution in [0.25, 0.3) is 10.8 Å². The van der Waals surface area contributed by atoms with Gasteiger partial charge in [-0.15, -0.1) is 0 Å². The quantitative estimate of drug-likeness (QED) is 0.438. The van der Waals surface area contributed by atoms with Crippen molar-refractivity contribution < 1.29 is 9.72 Å². The van der Waals surface area contributed by atoms with Gasteiger partial charge in [0.25, 0.3) is 5.69 Å². The number of non-ortho nitro benzene ring substituents is 1. The number of nitrogens with zero attached hydrogens (tertiary/aromatic N) is 1. The highest BCUT2D eigenvalue weighted by Gasteiger charge is 2.11. The van der Waals surface area contributed by atoms with E-state index in [2.05, 4.69) is 5.32 Å². The first-order valence-corrected chi connectivity index (χ1v) is 7.14. The van der Waals surface area contributed by atoms with Gasteiger partial charge >= 0.3 is 0 Å². The maximum Gasteiger partial charge on any atom is 0.270 e. The summed E-state index contributed by atoms with van der Waals surface area (Å²) in [6.45, 7) is 0.0785. The molecule has 0 atom stereocenters. The Morgan fingerprint density at radius 1 is 1.00 bits per heavy atom. The van der Waals surface area contributed by atoms with Crippen molar-refractivity contribution in [2.24, 2.45) is 0 Å². The number of anilines is 1. The van der Waals surface area contributed by atoms with Crippen LogP contribution in [0.5, 0.6) is 0 Å². The molecule has 0 unspecified atom stereocenters. The fourth-order valence-corrected chi connectivity index (χ4v) is 2.45. The van der Waals surface area contributed by atoms with Crippen LogP contribution in [0.1, 0.15) is 10.4 Å². The number of ketones is 1. The number of carbonyl (C=O) groups is 1. The summed E-state index contributed by atoms with van der Waals surface area (Å²) in [6, 6.07) is 19.5. The molecular weight excluding hydrogens is 292 g/mol. The lowest BCUT2D eigenvalue weighted by molar-refractivity contribution is -0.384. The molecule has 0 saturated heterocycles. The molecule has 0 fully saturated rings. The number of carbonyl (C=O) groups excluding carboxylic acids is 1. The number of nitro benzene ring substituents is 1. The highest BCUT2D eigenvalue weighted by Crippen LogP contribution is 2.23. The molecule has 0 aliphatic carbocycles. The average molecular weight is 306 g/mol. The average Bonchev–Trinajstić information content (AvgIpc) is 2.59. The first kappa shape index (κ1) is 14.7. The number of fused-ring (bicyclic) bond motifs is 1. The number of hydrogen-bond acceptors (Lipinski definition) is 4. The Morgan fingerprint density at radius 3 is 2.57 bits per heavy atom. The van der Waals surface area contributed by atoms with Crippen molar-refractivity contribution in [3.63, 3.8) is 0 Å². The number of benzene rings is 3. The van der Waals surface area contributed by atoms with Crippen molar-refractivity contribution in [3.8, 4) is 0 Å². The fourth-order valence-electron chi connectivity index (χ4n) is 2.45. The van der Waals surface area contributed by atoms with E-state index in [0.717, 1.165) is 16.5 Å². The van der Waals surface area contributed by atoms with Gasteiger partial charge in [0.15, 0.2) is 5.78 Å². The Kier molecular flexibility index (Phi) is 4.01. The zero-order valence-corrected chi connectivity index (χ0v) is 12.2. The fraction of sp³-hybridized carbons (Fsp3) is 0.0556. The molecule has 114 valence electrons. The third-order valence-electron chi connectivity index (χ3n) is 3.61. The van der Waals surface area contributed by atoms with Gasteiger partial charge in [0.1, 0.15) is 0 Å². The minimum atomic E-state index is -0.505. The topological polar surface area (TPSA) is 72.2 Å². The van der Waals surface area contributed by atoms with E-state index in [-0.39, 0.29) is 18.0 Å². The molecule has 0 aliphatic heterocycles. The lowest BCUT2D eigenvalue weighted by Crippen LogP contribution is -2.14. The maximum absolute atomic E-state index is 12.2. The minimum Gasteiger partial charge on any atom is -0.377 e. The van der Waals surface area contributed by atoms with Gasteiger partial charge in [0.2, 0.25) is 0 Å². The molecule has 0 spiro atoms. The first-order valence-electron chi connectivity index (χ1n) is 7.14. The summed E-state index contributed by atoms with van der Waals surface area (Å²) >= 11 is 0. The van der Waals surface area contributed by atoms with Crippen LogP contribution >= 0.6 is 0 Å². The standard InChI is InChI=1S/C18H14N2O3/c21-18(14-7-3-8-15(11-14)20(22)23)12-19-17-10-4-6-13-5-1-2-9-16(13)17/h1-11,19H,12H2. The Hall–Kier alpha value is -3.21. The number of nitro groups is 1. The SMILES string of the molecule is O=C(CNc1cccc2ccccc12)c1cccc([N+](=O)[O-])c1. The van der Waals surface area contributed by atoms with Crippen LogP contribution in [-0.4, -0.2) is 17.3 Å². The van der Waals surface area contributed by atoms with Crippen LogP contribution in [0.3, 0.4) is 0 Å². The summed E-state index contributed by atoms with van der Waals surface area (Å²) in [5.41, 5.74) is 1.11. The second kappa shape index (κ2) is 6.27. The van der Waals surface area contributed by atoms with Gasteiger partial charge in [-0.25, -0.2) is 0 Å². The largest absolute Gasteiger partial charge is 0.377 e. The number of Topliss-reactive ketones (excluding diaryl/α,β-unsaturated/α-hetero) is 1. The Balaban J connectivity index is 1.78. The summed E-state index contributed by atoms with van der Waals surface area (Å²) in [5.74, 6) is -0.193. The van der Waals surface area contributed by atoms with E-state index in [1.165, 1.54) is 18.2 Å². The van der Waals surface area contributed by atoms with E-state index in [0.29, 0.717) is 5.56 Å². The number of rotatable bonds is 5. The van der Waals surface area contributed by atoms with Crippen LogP contribution in [-0.2, 0) is 0 Å². The van der Waals surface area contributed by atoms with Gasteiger partial charge in [-0.3, -0.25) is 14.9 Å². The van der Waals surface area contributed by atoms with E-state index in [1.54, 1.807) is 6.07 Å². The Bertz CT molecular complexity index is 885. The van der Waals surface area contributed by atoms with E-state index >= 15 is 0 Å². The third kappa shape index (κ3) is 3.18. The first-order chi connectivity index (χ1) is 11.1. The summed E-state index contributed by atoms with van der Waals surface area (Å²) in [5, 5.41) is 16.0. The lowest BCUT2D eigenvalue weighted by Gasteiger charge is -2.09. The van der Waals surface area contributed by atoms with E-state index in [4.69, 9.17) is 0 Å². The summed E-state index contributed by atoms with van der Waals surface area (Å²) < 4.78 is 0. The van der Waals surface area contributed by atoms with Gasteiger partial charge in [-0.2, -0.15) is 0 Å². The molecule has 0 bridgehead atoms. The molecule has 23 heavy (non-hydrogen) atoms. The maximum atomic E-state index is 12.2. The summed E-state index contributed by atoms with van der Waals surface area (Å²) in [4.78, 5) is 22.5. The van der Waals surface area contributed by atoms with Crippen molar-refractivity contribution in [1.82, 2.24) is 0 Å². The number of hydrogen-bond donors (Lipinski definition) is 1. The van der Waals surface area contributed by atoms with Gasteiger partial charge in [-0.1, -0.05) is 48.5 Å². The van der Waals surface area contributed by atoms with Gasteiger partial charge < -0.3 is 5.32 Å². The smallest absolute Gasteiger partial charge is 0.270 e. The van der Waals surface area contributed by atoms with Gasteiger partial charge in [-0.05, 0) is 11.5 Å². The monoisotopic (exact) mass is 306 g/mol. The van der Waals surface area contributed by atoms with Crippen molar-refractivity contribution >= 4 is 27.9 Å². The zero-order valence-electron chi connectivity index (χ0n) is 12.2. The molecule has 5 nitrogen and oxygen atoms in total. The summed E-state index contributed by atoms with van der Waals surface area (Å²) in [6.07, 6.45) is 0. The van der Waals surface area contributed by atoms with E-state index in [9.17, 15) is 14.9 Å². The molecule has 0 amide bonds. The predicted octanol–water partition coefficient (Wildman–Crippen LogP) is 4.04. The second-order valence-corrected chi connectivity index (χ2v) is 5.11. The van der Waals surface area contributed by atoms with Crippen LogP contribution in [0, 0.1) is 10.1 Å². The van der Waals surface area contributed by atoms with Crippen LogP contribution in [0.4, 0.5) is 11.4 Å². The molecule has 3 aromatic carbocycles. The van der Waals surface area contributed by atoms with Crippen molar-refractivity contribution in [2.75, 3.05) is 11.9 Å². The molecule has 0 saturated carbocycles. The Labute approximate surface area is 132 Å². The van der Waals surface area contributed by atoms with E-state index in [1.807, 2.05) is 42.5 Å². The highest BCUT2D eigenvalue weighted by atomic mass is 16.6. The molecule has 0 radical (unpaired) electrons. The second-order valence-electron chi connectivity index (χ2n) is 5.11. The van der Waals surface area contributed by atoms with Crippen LogP contribution < -0.4 is 5.32 Å². The molecule has 0 aliphatic rings. The summed E-state index contributed by atoms with van der Waals surface area (Å²) in [7, 11) is 0. The van der Waals surface area contributed by atoms with Crippen molar-refractivity contribution in [1.29, 1.82) is 0 Å². The highest BCUT2D eigenvalue weighted by molar-refractivity contribution is 6.01. The van der Waals surface area contributed by atoms with E-state index < -0.39 is 4.92 Å². The molecule has 1 N–H and O–H groups in total. The molecule has 0 aromatic heterocycles. The van der Waals surface area contributed by atoms with Crippen molar-refractivity contribution in [3.05, 3.63) is 82.4 Å². The molecular formula is C18H14N2O3. The van der Waals surface area contributed by atoms with Gasteiger partial charge in [0.05, 0.1) is 11.5 Å². The normalized spacial score (nSPS) is 10.4. The predicted molar refractivity (Wildman–Crippen MR) is 89.9 cm³/mol. The minimum absolute atomic E-state index is 0.0785. The number of nitrogens with one attached hydrogen (secondary N) is 1. The zero-order chi connectivity index (χ0) is 16.2. The lowest BCUT2D eigenvalue weighted by atomic mass is 10.1. The molecule has 3 aromatic rings.